The first-order valence-electron chi connectivity index (χ1n) is 6.74. The molecule has 0 aromatic heterocycles. The van der Waals surface area contributed by atoms with Crippen LogP contribution in [0.4, 0.5) is 0 Å². The molecule has 19 heavy (non-hydrogen) atoms. The lowest BCUT2D eigenvalue weighted by Crippen LogP contribution is -2.49. The summed E-state index contributed by atoms with van der Waals surface area (Å²) in [5.41, 5.74) is 1.74. The smallest absolute Gasteiger partial charge is 0.338 e. The van der Waals surface area contributed by atoms with Crippen molar-refractivity contribution in [1.29, 1.82) is 0 Å². The van der Waals surface area contributed by atoms with Gasteiger partial charge in [0.15, 0.2) is 0 Å². The molecule has 0 unspecified atom stereocenters. The van der Waals surface area contributed by atoms with Crippen molar-refractivity contribution in [3.05, 3.63) is 29.3 Å². The number of hydrogen-bond acceptors (Lipinski definition) is 4. The Hall–Kier alpha value is -1.55. The second-order valence-electron chi connectivity index (χ2n) is 5.94. The van der Waals surface area contributed by atoms with Gasteiger partial charge >= 0.3 is 5.97 Å². The molecule has 0 spiro atoms. The molecule has 2 aliphatic rings. The number of cyclic esters (lactones) is 1. The van der Waals surface area contributed by atoms with Crippen LogP contribution in [0.3, 0.4) is 0 Å². The van der Waals surface area contributed by atoms with E-state index in [1.165, 1.54) is 0 Å². The average molecular weight is 261 g/mol. The predicted molar refractivity (Wildman–Crippen MR) is 71.2 cm³/mol. The molecule has 102 valence electrons. The molecular formula is C15H19NO3. The van der Waals surface area contributed by atoms with Gasteiger partial charge in [0, 0.05) is 17.5 Å². The molecule has 0 bridgehead atoms. The van der Waals surface area contributed by atoms with Gasteiger partial charge in [0.2, 0.25) is 0 Å². The Morgan fingerprint density at radius 2 is 2.26 bits per heavy atom. The summed E-state index contributed by atoms with van der Waals surface area (Å²) >= 11 is 0. The van der Waals surface area contributed by atoms with Crippen LogP contribution in [0.2, 0.25) is 0 Å². The minimum atomic E-state index is -0.235. The van der Waals surface area contributed by atoms with E-state index in [0.29, 0.717) is 12.2 Å². The van der Waals surface area contributed by atoms with E-state index in [4.69, 9.17) is 9.47 Å². The van der Waals surface area contributed by atoms with Crippen LogP contribution in [0.5, 0.6) is 5.75 Å². The van der Waals surface area contributed by atoms with Crippen LogP contribution < -0.4 is 10.1 Å². The second-order valence-corrected chi connectivity index (χ2v) is 5.94. The fraction of sp³-hybridized carbons (Fsp3) is 0.533. The minimum Gasteiger partial charge on any atom is -0.489 e. The van der Waals surface area contributed by atoms with Crippen molar-refractivity contribution in [1.82, 2.24) is 5.32 Å². The van der Waals surface area contributed by atoms with Gasteiger partial charge in [-0.2, -0.15) is 0 Å². The maximum absolute atomic E-state index is 11.4. The molecule has 1 saturated heterocycles. The van der Waals surface area contributed by atoms with E-state index in [-0.39, 0.29) is 17.5 Å². The first kappa shape index (κ1) is 12.5. The number of piperidine rings is 1. The van der Waals surface area contributed by atoms with Crippen molar-refractivity contribution in [3.8, 4) is 5.75 Å². The summed E-state index contributed by atoms with van der Waals surface area (Å²) in [6.07, 6.45) is 1.25. The third-order valence-corrected chi connectivity index (χ3v) is 4.08. The highest BCUT2D eigenvalue weighted by atomic mass is 16.5. The average Bonchev–Trinajstić information content (AvgIpc) is 2.73. The fourth-order valence-electron chi connectivity index (χ4n) is 2.63. The first-order chi connectivity index (χ1) is 9.06. The Balaban J connectivity index is 1.78. The van der Waals surface area contributed by atoms with E-state index in [1.807, 2.05) is 12.1 Å². The molecule has 2 heterocycles. The Morgan fingerprint density at radius 3 is 3.05 bits per heavy atom. The van der Waals surface area contributed by atoms with Gasteiger partial charge in [-0.25, -0.2) is 4.79 Å². The van der Waals surface area contributed by atoms with Crippen LogP contribution in [0.25, 0.3) is 0 Å². The molecular weight excluding hydrogens is 242 g/mol. The Morgan fingerprint density at radius 1 is 1.42 bits per heavy atom. The normalized spacial score (nSPS) is 24.7. The van der Waals surface area contributed by atoms with Crippen LogP contribution in [-0.4, -0.2) is 25.2 Å². The standard InChI is InChI=1S/C15H19NO3/c1-15(2)5-6-16-8-13(15)19-11-3-4-12-10(7-11)9-18-14(12)17/h3-4,7,13,16H,5-6,8-9H2,1-2H3/t13-/m1/s1. The van der Waals surface area contributed by atoms with E-state index >= 15 is 0 Å². The van der Waals surface area contributed by atoms with E-state index in [2.05, 4.69) is 19.2 Å². The first-order valence-corrected chi connectivity index (χ1v) is 6.74. The largest absolute Gasteiger partial charge is 0.489 e. The van der Waals surface area contributed by atoms with Crippen molar-refractivity contribution in [2.75, 3.05) is 13.1 Å². The third kappa shape index (κ3) is 2.32. The molecule has 0 radical (unpaired) electrons. The Kier molecular flexibility index (Phi) is 2.97. The summed E-state index contributed by atoms with van der Waals surface area (Å²) < 4.78 is 11.1. The molecule has 2 aliphatic heterocycles. The van der Waals surface area contributed by atoms with Crippen LogP contribution in [-0.2, 0) is 11.3 Å². The molecule has 4 nitrogen and oxygen atoms in total. The summed E-state index contributed by atoms with van der Waals surface area (Å²) in [7, 11) is 0. The molecule has 1 fully saturated rings. The summed E-state index contributed by atoms with van der Waals surface area (Å²) in [5, 5.41) is 3.37. The van der Waals surface area contributed by atoms with E-state index in [0.717, 1.165) is 30.8 Å². The van der Waals surface area contributed by atoms with Gasteiger partial charge in [0.1, 0.15) is 18.5 Å². The molecule has 0 aliphatic carbocycles. The lowest BCUT2D eigenvalue weighted by molar-refractivity contribution is 0.0454. The monoisotopic (exact) mass is 261 g/mol. The predicted octanol–water partition coefficient (Wildman–Crippen LogP) is 2.12. The maximum atomic E-state index is 11.4. The van der Waals surface area contributed by atoms with Crippen molar-refractivity contribution in [3.63, 3.8) is 0 Å². The lowest BCUT2D eigenvalue weighted by Gasteiger charge is -2.38. The zero-order valence-electron chi connectivity index (χ0n) is 11.4. The number of nitrogens with one attached hydrogen (secondary N) is 1. The van der Waals surface area contributed by atoms with Gasteiger partial charge in [-0.15, -0.1) is 0 Å². The minimum absolute atomic E-state index is 0.150. The summed E-state index contributed by atoms with van der Waals surface area (Å²) in [5.74, 6) is 0.583. The van der Waals surface area contributed by atoms with Crippen LogP contribution in [0.15, 0.2) is 18.2 Å². The third-order valence-electron chi connectivity index (χ3n) is 4.08. The molecule has 1 aromatic rings. The summed E-state index contributed by atoms with van der Waals surface area (Å²) in [4.78, 5) is 11.4. The van der Waals surface area contributed by atoms with Gasteiger partial charge in [0.25, 0.3) is 0 Å². The number of esters is 1. The number of benzene rings is 1. The highest BCUT2D eigenvalue weighted by molar-refractivity contribution is 5.93. The van der Waals surface area contributed by atoms with E-state index in [1.54, 1.807) is 6.07 Å². The summed E-state index contributed by atoms with van der Waals surface area (Å²) in [6, 6.07) is 5.57. The molecule has 1 N–H and O–H groups in total. The highest BCUT2D eigenvalue weighted by Gasteiger charge is 2.34. The molecule has 0 amide bonds. The van der Waals surface area contributed by atoms with Crippen molar-refractivity contribution in [2.24, 2.45) is 5.41 Å². The number of rotatable bonds is 2. The van der Waals surface area contributed by atoms with E-state index < -0.39 is 0 Å². The van der Waals surface area contributed by atoms with Crippen LogP contribution in [0, 0.1) is 5.41 Å². The molecule has 3 rings (SSSR count). The SMILES string of the molecule is CC1(C)CCNC[C@H]1Oc1ccc2c(c1)COC2=O. The van der Waals surface area contributed by atoms with Crippen molar-refractivity contribution < 1.29 is 14.3 Å². The number of hydrogen-bond donors (Lipinski definition) is 1. The molecule has 0 saturated carbocycles. The number of carbonyl (C=O) groups excluding carboxylic acids is 1. The topological polar surface area (TPSA) is 47.6 Å². The second kappa shape index (κ2) is 4.53. The number of fused-ring (bicyclic) bond motifs is 1. The fourth-order valence-corrected chi connectivity index (χ4v) is 2.63. The zero-order valence-corrected chi connectivity index (χ0v) is 11.4. The van der Waals surface area contributed by atoms with Crippen LogP contribution >= 0.6 is 0 Å². The zero-order chi connectivity index (χ0) is 13.5. The quantitative estimate of drug-likeness (QED) is 0.828. The molecule has 1 atom stereocenters. The Labute approximate surface area is 113 Å². The number of ether oxygens (including phenoxy) is 2. The van der Waals surface area contributed by atoms with Gasteiger partial charge in [-0.05, 0) is 31.2 Å². The molecule has 4 heteroatoms. The number of carbonyl (C=O) groups is 1. The van der Waals surface area contributed by atoms with Crippen molar-refractivity contribution >= 4 is 5.97 Å². The molecule has 1 aromatic carbocycles. The Bertz CT molecular complexity index is 510. The van der Waals surface area contributed by atoms with E-state index in [9.17, 15) is 4.79 Å². The maximum Gasteiger partial charge on any atom is 0.338 e. The lowest BCUT2D eigenvalue weighted by atomic mass is 9.80. The van der Waals surface area contributed by atoms with Gasteiger partial charge in [-0.3, -0.25) is 0 Å². The van der Waals surface area contributed by atoms with Crippen LogP contribution in [0.1, 0.15) is 36.2 Å². The van der Waals surface area contributed by atoms with Gasteiger partial charge in [-0.1, -0.05) is 13.8 Å². The van der Waals surface area contributed by atoms with Crippen molar-refractivity contribution in [2.45, 2.75) is 33.0 Å². The highest BCUT2D eigenvalue weighted by Crippen LogP contribution is 2.32. The van der Waals surface area contributed by atoms with Gasteiger partial charge < -0.3 is 14.8 Å². The summed E-state index contributed by atoms with van der Waals surface area (Å²) in [6.45, 7) is 6.73. The van der Waals surface area contributed by atoms with Gasteiger partial charge in [0.05, 0.1) is 5.56 Å².